The molecule has 1 atom stereocenters. The van der Waals surface area contributed by atoms with Gasteiger partial charge in [-0.2, -0.15) is 0 Å². The molecule has 3 nitrogen and oxygen atoms in total. The van der Waals surface area contributed by atoms with Crippen LogP contribution in [0.3, 0.4) is 0 Å². The molecule has 0 aliphatic heterocycles. The molecule has 4 heteroatoms. The summed E-state index contributed by atoms with van der Waals surface area (Å²) >= 11 is 1.80. The van der Waals surface area contributed by atoms with E-state index in [0.29, 0.717) is 0 Å². The van der Waals surface area contributed by atoms with Crippen LogP contribution in [0.2, 0.25) is 0 Å². The first-order chi connectivity index (χ1) is 8.58. The van der Waals surface area contributed by atoms with Crippen molar-refractivity contribution in [1.29, 1.82) is 0 Å². The first-order valence-corrected chi connectivity index (χ1v) is 7.80. The van der Waals surface area contributed by atoms with E-state index in [2.05, 4.69) is 49.8 Å². The minimum atomic E-state index is 0.722. The van der Waals surface area contributed by atoms with E-state index in [1.54, 1.807) is 11.3 Å². The molecule has 0 saturated carbocycles. The van der Waals surface area contributed by atoms with Crippen LogP contribution in [-0.2, 0) is 6.54 Å². The van der Waals surface area contributed by atoms with E-state index in [9.17, 15) is 0 Å². The number of hydrogen-bond donors (Lipinski definition) is 1. The summed E-state index contributed by atoms with van der Waals surface area (Å²) in [7, 11) is 0. The number of rotatable bonds is 8. The van der Waals surface area contributed by atoms with Crippen LogP contribution < -0.4 is 10.2 Å². The Kier molecular flexibility index (Phi) is 6.65. The van der Waals surface area contributed by atoms with Crippen LogP contribution in [0.15, 0.2) is 6.20 Å². The highest BCUT2D eigenvalue weighted by atomic mass is 32.1. The van der Waals surface area contributed by atoms with Gasteiger partial charge in [0.2, 0.25) is 0 Å². The highest BCUT2D eigenvalue weighted by Crippen LogP contribution is 2.22. The normalized spacial score (nSPS) is 13.0. The van der Waals surface area contributed by atoms with Crippen LogP contribution in [0.1, 0.15) is 39.5 Å². The van der Waals surface area contributed by atoms with E-state index in [-0.39, 0.29) is 0 Å². The van der Waals surface area contributed by atoms with Gasteiger partial charge in [-0.25, -0.2) is 4.98 Å². The Balaban J connectivity index is 2.40. The van der Waals surface area contributed by atoms with Gasteiger partial charge in [0.1, 0.15) is 0 Å². The van der Waals surface area contributed by atoms with Crippen molar-refractivity contribution < 1.29 is 0 Å². The van der Waals surface area contributed by atoms with Gasteiger partial charge in [-0.15, -0.1) is 11.3 Å². The minimum absolute atomic E-state index is 0.722. The average molecular weight is 269 g/mol. The number of nitrogens with zero attached hydrogens (tertiary/aromatic N) is 2. The van der Waals surface area contributed by atoms with E-state index in [1.807, 2.05) is 6.20 Å². The quantitative estimate of drug-likeness (QED) is 0.784. The molecule has 1 unspecified atom stereocenters. The largest absolute Gasteiger partial charge is 0.349 e. The number of hydrogen-bond acceptors (Lipinski definition) is 4. The molecular formula is C14H27N3S. The van der Waals surface area contributed by atoms with E-state index in [1.165, 1.54) is 4.88 Å². The average Bonchev–Trinajstić information content (AvgIpc) is 2.79. The fourth-order valence-corrected chi connectivity index (χ4v) is 2.68. The van der Waals surface area contributed by atoms with Gasteiger partial charge in [-0.1, -0.05) is 20.8 Å². The summed E-state index contributed by atoms with van der Waals surface area (Å²) in [5, 5.41) is 4.67. The van der Waals surface area contributed by atoms with Crippen LogP contribution in [0.25, 0.3) is 0 Å². The van der Waals surface area contributed by atoms with Crippen molar-refractivity contribution in [1.82, 2.24) is 10.3 Å². The molecule has 0 fully saturated rings. The Bertz CT molecular complexity index is 332. The van der Waals surface area contributed by atoms with Gasteiger partial charge < -0.3 is 10.2 Å². The molecule has 1 rings (SSSR count). The molecule has 1 aromatic heterocycles. The lowest BCUT2D eigenvalue weighted by Gasteiger charge is -2.16. The molecule has 0 bridgehead atoms. The SMILES string of the molecule is CCN(CC)c1ncc(CNCC(C)C(C)C)s1. The van der Waals surface area contributed by atoms with Gasteiger partial charge in [-0.3, -0.25) is 0 Å². The van der Waals surface area contributed by atoms with Crippen molar-refractivity contribution in [2.45, 2.75) is 41.2 Å². The third kappa shape index (κ3) is 4.58. The molecule has 1 heterocycles. The van der Waals surface area contributed by atoms with E-state index < -0.39 is 0 Å². The summed E-state index contributed by atoms with van der Waals surface area (Å²) in [4.78, 5) is 8.12. The number of thiazole rings is 1. The van der Waals surface area contributed by atoms with E-state index in [4.69, 9.17) is 0 Å². The third-order valence-electron chi connectivity index (χ3n) is 3.48. The highest BCUT2D eigenvalue weighted by molar-refractivity contribution is 7.15. The standard InChI is InChI=1S/C14H27N3S/c1-6-17(7-2)14-16-10-13(18-14)9-15-8-12(5)11(3)4/h10-12,15H,6-9H2,1-5H3. The lowest BCUT2D eigenvalue weighted by Crippen LogP contribution is -2.23. The maximum absolute atomic E-state index is 4.50. The Morgan fingerprint density at radius 2 is 1.94 bits per heavy atom. The maximum atomic E-state index is 4.50. The smallest absolute Gasteiger partial charge is 0.185 e. The lowest BCUT2D eigenvalue weighted by atomic mass is 9.98. The summed E-state index contributed by atoms with van der Waals surface area (Å²) in [6, 6.07) is 0. The first-order valence-electron chi connectivity index (χ1n) is 6.98. The predicted octanol–water partition coefficient (Wildman–Crippen LogP) is 3.37. The van der Waals surface area contributed by atoms with Crippen LogP contribution in [0, 0.1) is 11.8 Å². The summed E-state index contributed by atoms with van der Waals surface area (Å²) < 4.78 is 0. The summed E-state index contributed by atoms with van der Waals surface area (Å²) in [5.74, 6) is 1.46. The number of nitrogens with one attached hydrogen (secondary N) is 1. The summed E-state index contributed by atoms with van der Waals surface area (Å²) in [5.41, 5.74) is 0. The fraction of sp³-hybridized carbons (Fsp3) is 0.786. The zero-order chi connectivity index (χ0) is 13.5. The van der Waals surface area contributed by atoms with E-state index in [0.717, 1.165) is 43.1 Å². The second kappa shape index (κ2) is 7.74. The Hall–Kier alpha value is -0.610. The predicted molar refractivity (Wildman–Crippen MR) is 81.4 cm³/mol. The Labute approximate surface area is 116 Å². The van der Waals surface area contributed by atoms with Gasteiger partial charge in [0, 0.05) is 30.7 Å². The molecule has 104 valence electrons. The number of aromatic nitrogens is 1. The molecule has 1 aromatic rings. The molecule has 0 amide bonds. The Morgan fingerprint density at radius 3 is 2.50 bits per heavy atom. The topological polar surface area (TPSA) is 28.2 Å². The lowest BCUT2D eigenvalue weighted by molar-refractivity contribution is 0.393. The molecule has 18 heavy (non-hydrogen) atoms. The monoisotopic (exact) mass is 269 g/mol. The van der Waals surface area contributed by atoms with Crippen molar-refractivity contribution in [3.05, 3.63) is 11.1 Å². The number of anilines is 1. The van der Waals surface area contributed by atoms with Crippen LogP contribution >= 0.6 is 11.3 Å². The van der Waals surface area contributed by atoms with Crippen LogP contribution in [-0.4, -0.2) is 24.6 Å². The van der Waals surface area contributed by atoms with Crippen molar-refractivity contribution in [2.24, 2.45) is 11.8 Å². The van der Waals surface area contributed by atoms with Gasteiger partial charge in [0.05, 0.1) is 0 Å². The van der Waals surface area contributed by atoms with Gasteiger partial charge in [0.25, 0.3) is 0 Å². The van der Waals surface area contributed by atoms with E-state index >= 15 is 0 Å². The first kappa shape index (κ1) is 15.4. The summed E-state index contributed by atoms with van der Waals surface area (Å²) in [6.45, 7) is 15.3. The summed E-state index contributed by atoms with van der Waals surface area (Å²) in [6.07, 6.45) is 2.01. The molecule has 1 N–H and O–H groups in total. The van der Waals surface area contributed by atoms with Crippen LogP contribution in [0.5, 0.6) is 0 Å². The zero-order valence-corrected chi connectivity index (χ0v) is 13.2. The minimum Gasteiger partial charge on any atom is -0.349 e. The molecule has 0 aliphatic rings. The molecule has 0 aromatic carbocycles. The van der Waals surface area contributed by atoms with Crippen molar-refractivity contribution in [2.75, 3.05) is 24.5 Å². The molecule has 0 aliphatic carbocycles. The van der Waals surface area contributed by atoms with Crippen LogP contribution in [0.4, 0.5) is 5.13 Å². The molecule has 0 radical (unpaired) electrons. The zero-order valence-electron chi connectivity index (χ0n) is 12.4. The van der Waals surface area contributed by atoms with Crippen molar-refractivity contribution in [3.8, 4) is 0 Å². The third-order valence-corrected chi connectivity index (χ3v) is 4.54. The van der Waals surface area contributed by atoms with Gasteiger partial charge in [-0.05, 0) is 32.2 Å². The molecular weight excluding hydrogens is 242 g/mol. The molecule has 0 saturated heterocycles. The van der Waals surface area contributed by atoms with Gasteiger partial charge >= 0.3 is 0 Å². The second-order valence-electron chi connectivity index (χ2n) is 5.13. The van der Waals surface area contributed by atoms with Gasteiger partial charge in [0.15, 0.2) is 5.13 Å². The Morgan fingerprint density at radius 1 is 1.28 bits per heavy atom. The van der Waals surface area contributed by atoms with Crippen molar-refractivity contribution >= 4 is 16.5 Å². The maximum Gasteiger partial charge on any atom is 0.185 e. The molecule has 0 spiro atoms. The highest BCUT2D eigenvalue weighted by Gasteiger charge is 2.09. The second-order valence-corrected chi connectivity index (χ2v) is 6.23. The fourth-order valence-electron chi connectivity index (χ4n) is 1.68. The van der Waals surface area contributed by atoms with Crippen molar-refractivity contribution in [3.63, 3.8) is 0 Å².